The van der Waals surface area contributed by atoms with Crippen LogP contribution in [0.25, 0.3) is 6.08 Å². The smallest absolute Gasteiger partial charge is 0.270 e. The molecule has 146 valence electrons. The molecule has 0 amide bonds. The van der Waals surface area contributed by atoms with E-state index in [1.165, 1.54) is 12.1 Å². The Morgan fingerprint density at radius 1 is 1.29 bits per heavy atom. The highest BCUT2D eigenvalue weighted by molar-refractivity contribution is 6.17. The molecule has 2 aliphatic rings. The maximum atomic E-state index is 11.2. The zero-order valence-electron chi connectivity index (χ0n) is 15.9. The van der Waals surface area contributed by atoms with Crippen molar-refractivity contribution < 1.29 is 14.8 Å². The zero-order chi connectivity index (χ0) is 20.3. The minimum absolute atomic E-state index is 0.0107. The maximum absolute atomic E-state index is 11.2. The molecule has 0 bridgehead atoms. The Labute approximate surface area is 168 Å². The van der Waals surface area contributed by atoms with Crippen LogP contribution in [0.5, 0.6) is 5.75 Å². The lowest BCUT2D eigenvalue weighted by atomic mass is 9.74. The summed E-state index contributed by atoms with van der Waals surface area (Å²) in [5, 5.41) is 21.1. The van der Waals surface area contributed by atoms with Crippen LogP contribution < -0.4 is 9.64 Å². The number of benzene rings is 2. The molecule has 7 heteroatoms. The minimum Gasteiger partial charge on any atom is -0.462 e. The summed E-state index contributed by atoms with van der Waals surface area (Å²) in [4.78, 5) is 12.9. The van der Waals surface area contributed by atoms with Crippen molar-refractivity contribution >= 4 is 29.1 Å². The number of anilines is 1. The summed E-state index contributed by atoms with van der Waals surface area (Å²) in [5.74, 6) is 0.661. The molecule has 28 heavy (non-hydrogen) atoms. The van der Waals surface area contributed by atoms with Crippen LogP contribution in [0.3, 0.4) is 0 Å². The second-order valence-corrected chi connectivity index (χ2v) is 7.97. The number of fused-ring (bicyclic) bond motifs is 2. The van der Waals surface area contributed by atoms with E-state index in [-0.39, 0.29) is 18.2 Å². The van der Waals surface area contributed by atoms with E-state index in [0.29, 0.717) is 16.9 Å². The van der Waals surface area contributed by atoms with Crippen molar-refractivity contribution in [2.24, 2.45) is 0 Å². The molecular weight excluding hydrogens is 380 g/mol. The van der Waals surface area contributed by atoms with E-state index in [1.54, 1.807) is 0 Å². The molecule has 0 fully saturated rings. The fourth-order valence-corrected chi connectivity index (χ4v) is 4.75. The summed E-state index contributed by atoms with van der Waals surface area (Å²) in [7, 11) is 1.95. The Hall–Kier alpha value is -2.57. The van der Waals surface area contributed by atoms with Gasteiger partial charge < -0.3 is 14.7 Å². The predicted octanol–water partition coefficient (Wildman–Crippen LogP) is 4.36. The van der Waals surface area contributed by atoms with E-state index in [2.05, 4.69) is 18.7 Å². The summed E-state index contributed by atoms with van der Waals surface area (Å²) in [5.41, 5.74) is 2.75. The molecule has 0 aromatic heterocycles. The van der Waals surface area contributed by atoms with Gasteiger partial charge in [0, 0.05) is 36.0 Å². The standard InChI is InChI=1S/C21H21ClN2O4/c1-20(2)18-14(12-25)5-4-6-17(18)23(3)21(20)8-7-13-9-16(24(26)27)10-15(11-22)19(13)28-21/h4-10,25H,11-12H2,1-3H3. The van der Waals surface area contributed by atoms with Gasteiger partial charge in [0.2, 0.25) is 5.72 Å². The van der Waals surface area contributed by atoms with Gasteiger partial charge in [-0.25, -0.2) is 0 Å². The van der Waals surface area contributed by atoms with Crippen LogP contribution in [-0.4, -0.2) is 22.8 Å². The Bertz CT molecular complexity index is 1020. The molecule has 1 atom stereocenters. The number of nitrogens with zero attached hydrogens (tertiary/aromatic N) is 2. The van der Waals surface area contributed by atoms with Gasteiger partial charge in [0.05, 0.1) is 22.8 Å². The second kappa shape index (κ2) is 6.22. The molecule has 2 aliphatic heterocycles. The van der Waals surface area contributed by atoms with Crippen molar-refractivity contribution in [2.45, 2.75) is 37.5 Å². The fourth-order valence-electron chi connectivity index (χ4n) is 4.55. The van der Waals surface area contributed by atoms with Crippen LogP contribution >= 0.6 is 11.6 Å². The molecule has 0 radical (unpaired) electrons. The molecular formula is C21H21ClN2O4. The number of ether oxygens (including phenoxy) is 1. The number of non-ortho nitro benzene ring substituents is 1. The zero-order valence-corrected chi connectivity index (χ0v) is 16.7. The van der Waals surface area contributed by atoms with Gasteiger partial charge in [-0.15, -0.1) is 11.6 Å². The van der Waals surface area contributed by atoms with Crippen molar-refractivity contribution in [1.82, 2.24) is 0 Å². The highest BCUT2D eigenvalue weighted by Crippen LogP contribution is 2.56. The Balaban J connectivity index is 1.91. The lowest BCUT2D eigenvalue weighted by molar-refractivity contribution is -0.385. The Morgan fingerprint density at radius 2 is 2.04 bits per heavy atom. The SMILES string of the molecule is CN1c2cccc(CO)c2C(C)(C)C12C=Cc1cc([N+](=O)[O-])cc(CCl)c1O2. The minimum atomic E-state index is -0.843. The molecule has 2 heterocycles. The highest BCUT2D eigenvalue weighted by Gasteiger charge is 2.58. The van der Waals surface area contributed by atoms with E-state index in [4.69, 9.17) is 16.3 Å². The Kier molecular flexibility index (Phi) is 4.17. The van der Waals surface area contributed by atoms with Crippen LogP contribution in [0.4, 0.5) is 11.4 Å². The number of hydrogen-bond acceptors (Lipinski definition) is 5. The number of rotatable bonds is 3. The first-order chi connectivity index (χ1) is 13.3. The molecule has 2 aromatic rings. The quantitative estimate of drug-likeness (QED) is 0.470. The van der Waals surface area contributed by atoms with E-state index in [9.17, 15) is 15.2 Å². The van der Waals surface area contributed by atoms with Crippen LogP contribution in [-0.2, 0) is 17.9 Å². The maximum Gasteiger partial charge on any atom is 0.270 e. The monoisotopic (exact) mass is 400 g/mol. The molecule has 1 N–H and O–H groups in total. The van der Waals surface area contributed by atoms with Gasteiger partial charge in [0.15, 0.2) is 0 Å². The summed E-state index contributed by atoms with van der Waals surface area (Å²) < 4.78 is 6.60. The number of aliphatic hydroxyl groups is 1. The van der Waals surface area contributed by atoms with Crippen molar-refractivity contribution in [1.29, 1.82) is 0 Å². The van der Waals surface area contributed by atoms with Crippen molar-refractivity contribution in [3.63, 3.8) is 0 Å². The van der Waals surface area contributed by atoms with Gasteiger partial charge in [-0.3, -0.25) is 10.1 Å². The van der Waals surface area contributed by atoms with Gasteiger partial charge in [0.1, 0.15) is 5.75 Å². The topological polar surface area (TPSA) is 75.8 Å². The van der Waals surface area contributed by atoms with Crippen LogP contribution in [0.1, 0.15) is 36.1 Å². The summed E-state index contributed by atoms with van der Waals surface area (Å²) in [6.45, 7) is 4.10. The summed E-state index contributed by atoms with van der Waals surface area (Å²) in [6, 6.07) is 8.82. The fraction of sp³-hybridized carbons (Fsp3) is 0.333. The lowest BCUT2D eigenvalue weighted by Crippen LogP contribution is -2.58. The molecule has 6 nitrogen and oxygen atoms in total. The van der Waals surface area contributed by atoms with Crippen LogP contribution in [0.2, 0.25) is 0 Å². The molecule has 0 aliphatic carbocycles. The van der Waals surface area contributed by atoms with E-state index < -0.39 is 16.1 Å². The van der Waals surface area contributed by atoms with Crippen molar-refractivity contribution in [3.05, 3.63) is 68.8 Å². The van der Waals surface area contributed by atoms with Crippen LogP contribution in [0.15, 0.2) is 36.4 Å². The van der Waals surface area contributed by atoms with Gasteiger partial charge in [-0.1, -0.05) is 12.1 Å². The average molecular weight is 401 g/mol. The van der Waals surface area contributed by atoms with E-state index in [1.807, 2.05) is 37.4 Å². The van der Waals surface area contributed by atoms with Gasteiger partial charge >= 0.3 is 0 Å². The number of likely N-dealkylation sites (N-methyl/N-ethyl adjacent to an activating group) is 1. The largest absolute Gasteiger partial charge is 0.462 e. The van der Waals surface area contributed by atoms with E-state index in [0.717, 1.165) is 16.8 Å². The van der Waals surface area contributed by atoms with Gasteiger partial charge in [0.25, 0.3) is 5.69 Å². The molecule has 0 saturated heterocycles. The van der Waals surface area contributed by atoms with Gasteiger partial charge in [-0.05, 0) is 43.2 Å². The first-order valence-electron chi connectivity index (χ1n) is 8.99. The summed E-state index contributed by atoms with van der Waals surface area (Å²) >= 11 is 6.11. The number of hydrogen-bond donors (Lipinski definition) is 1. The van der Waals surface area contributed by atoms with Crippen LogP contribution in [0, 0.1) is 10.1 Å². The molecule has 4 rings (SSSR count). The number of nitro groups is 1. The van der Waals surface area contributed by atoms with Gasteiger partial charge in [-0.2, -0.15) is 0 Å². The number of aliphatic hydroxyl groups excluding tert-OH is 1. The molecule has 2 aromatic carbocycles. The third-order valence-corrected chi connectivity index (χ3v) is 6.25. The lowest BCUT2D eigenvalue weighted by Gasteiger charge is -2.46. The summed E-state index contributed by atoms with van der Waals surface area (Å²) in [6.07, 6.45) is 3.81. The Morgan fingerprint density at radius 3 is 2.68 bits per heavy atom. The van der Waals surface area contributed by atoms with E-state index >= 15 is 0 Å². The number of alkyl halides is 1. The predicted molar refractivity (Wildman–Crippen MR) is 109 cm³/mol. The second-order valence-electron chi connectivity index (χ2n) is 7.70. The molecule has 1 spiro atoms. The molecule has 0 saturated carbocycles. The number of halogens is 1. The first-order valence-corrected chi connectivity index (χ1v) is 9.53. The highest BCUT2D eigenvalue weighted by atomic mass is 35.5. The normalized spacial score (nSPS) is 21.4. The third kappa shape index (κ3) is 2.31. The van der Waals surface area contributed by atoms with Crippen molar-refractivity contribution in [3.8, 4) is 5.75 Å². The van der Waals surface area contributed by atoms with Crippen molar-refractivity contribution in [2.75, 3.05) is 11.9 Å². The number of nitro benzene ring substituents is 1. The first kappa shape index (κ1) is 18.8. The third-order valence-electron chi connectivity index (χ3n) is 5.96. The molecule has 1 unspecified atom stereocenters. The average Bonchev–Trinajstić information content (AvgIpc) is 2.85.